The molecule has 7 nitrogen and oxygen atoms in total. The molecule has 1 aliphatic heterocycles. The molecular formula is C21H30N2O5. The molecule has 0 saturated carbocycles. The number of carbonyl (C=O) groups excluding carboxylic acids is 2. The Balaban J connectivity index is 2.19. The molecular weight excluding hydrogens is 360 g/mol. The highest BCUT2D eigenvalue weighted by Crippen LogP contribution is 2.32. The van der Waals surface area contributed by atoms with E-state index in [2.05, 4.69) is 6.92 Å². The normalized spacial score (nSPS) is 14.2. The first-order valence-corrected chi connectivity index (χ1v) is 9.69. The van der Waals surface area contributed by atoms with Crippen LogP contribution in [0.5, 0.6) is 5.75 Å². The summed E-state index contributed by atoms with van der Waals surface area (Å²) in [4.78, 5) is 28.9. The molecule has 1 aliphatic rings. The second-order valence-electron chi connectivity index (χ2n) is 6.68. The van der Waals surface area contributed by atoms with Crippen LogP contribution in [0.3, 0.4) is 0 Å². The molecule has 0 aromatic heterocycles. The number of unbranched alkanes of at least 4 members (excludes halogenated alkanes) is 1. The fourth-order valence-electron chi connectivity index (χ4n) is 3.07. The molecule has 1 heterocycles. The van der Waals surface area contributed by atoms with Crippen molar-refractivity contribution in [3.63, 3.8) is 0 Å². The summed E-state index contributed by atoms with van der Waals surface area (Å²) in [5, 5.41) is 9.28. The van der Waals surface area contributed by atoms with Gasteiger partial charge in [-0.3, -0.25) is 14.5 Å². The first-order chi connectivity index (χ1) is 13.5. The molecule has 154 valence electrons. The molecule has 7 heteroatoms. The predicted octanol–water partition coefficient (Wildman–Crippen LogP) is 1.91. The van der Waals surface area contributed by atoms with Crippen LogP contribution in [0.15, 0.2) is 30.0 Å². The number of likely N-dealkylation sites (N-methyl/N-ethyl adjacent to an activating group) is 1. The van der Waals surface area contributed by atoms with Crippen molar-refractivity contribution in [3.8, 4) is 5.75 Å². The molecule has 0 spiro atoms. The highest BCUT2D eigenvalue weighted by Gasteiger charge is 2.40. The molecule has 0 bridgehead atoms. The van der Waals surface area contributed by atoms with Crippen LogP contribution in [0.1, 0.15) is 31.7 Å². The summed E-state index contributed by atoms with van der Waals surface area (Å²) in [7, 11) is 3.28. The van der Waals surface area contributed by atoms with Gasteiger partial charge in [-0.2, -0.15) is 0 Å². The van der Waals surface area contributed by atoms with Crippen LogP contribution in [0, 0.1) is 0 Å². The SMILES string of the molecule is CCCCOCCCN1C(=O)C(c2ccc(OC)cc2)=C(N(C)CCO)C1=O. The van der Waals surface area contributed by atoms with Crippen molar-refractivity contribution in [2.75, 3.05) is 47.1 Å². The zero-order valence-corrected chi connectivity index (χ0v) is 16.9. The minimum atomic E-state index is -0.333. The second kappa shape index (κ2) is 10.8. The second-order valence-corrected chi connectivity index (χ2v) is 6.68. The van der Waals surface area contributed by atoms with Crippen LogP contribution in [0.4, 0.5) is 0 Å². The van der Waals surface area contributed by atoms with E-state index in [1.54, 1.807) is 43.3 Å². The lowest BCUT2D eigenvalue weighted by Gasteiger charge is -2.20. The fourth-order valence-corrected chi connectivity index (χ4v) is 3.07. The first-order valence-electron chi connectivity index (χ1n) is 9.69. The quantitative estimate of drug-likeness (QED) is 0.434. The topological polar surface area (TPSA) is 79.3 Å². The standard InChI is InChI=1S/C21H30N2O5/c1-4-5-14-28-15-6-11-23-20(25)18(16-7-9-17(27-3)10-8-16)19(21(23)26)22(2)12-13-24/h7-10,24H,4-6,11-15H2,1-3H3. The molecule has 0 atom stereocenters. The van der Waals surface area contributed by atoms with Crippen molar-refractivity contribution in [2.45, 2.75) is 26.2 Å². The largest absolute Gasteiger partial charge is 0.497 e. The Labute approximate surface area is 166 Å². The smallest absolute Gasteiger partial charge is 0.277 e. The lowest BCUT2D eigenvalue weighted by Crippen LogP contribution is -2.36. The lowest BCUT2D eigenvalue weighted by molar-refractivity contribution is -0.137. The summed E-state index contributed by atoms with van der Waals surface area (Å²) in [5.74, 6) is 0.0244. The average Bonchev–Trinajstić information content (AvgIpc) is 2.95. The number of benzene rings is 1. The molecule has 1 aromatic rings. The monoisotopic (exact) mass is 390 g/mol. The summed E-state index contributed by atoms with van der Waals surface area (Å²) in [6, 6.07) is 7.05. The van der Waals surface area contributed by atoms with E-state index in [0.29, 0.717) is 48.8 Å². The number of carbonyl (C=O) groups is 2. The highest BCUT2D eigenvalue weighted by atomic mass is 16.5. The number of aliphatic hydroxyl groups excluding tert-OH is 1. The van der Waals surface area contributed by atoms with Crippen molar-refractivity contribution >= 4 is 17.4 Å². The molecule has 2 rings (SSSR count). The third kappa shape index (κ3) is 5.11. The van der Waals surface area contributed by atoms with E-state index in [1.807, 2.05) is 0 Å². The van der Waals surface area contributed by atoms with E-state index in [4.69, 9.17) is 9.47 Å². The molecule has 2 amide bonds. The Hall–Kier alpha value is -2.38. The van der Waals surface area contributed by atoms with Gasteiger partial charge < -0.3 is 19.5 Å². The molecule has 1 N–H and O–H groups in total. The van der Waals surface area contributed by atoms with Crippen LogP contribution in [-0.2, 0) is 14.3 Å². The summed E-state index contributed by atoms with van der Waals surface area (Å²) in [6.07, 6.45) is 2.66. The van der Waals surface area contributed by atoms with Gasteiger partial charge in [-0.05, 0) is 30.5 Å². The number of aliphatic hydroxyl groups is 1. The van der Waals surface area contributed by atoms with Crippen molar-refractivity contribution in [3.05, 3.63) is 35.5 Å². The summed E-state index contributed by atoms with van der Waals surface area (Å²) in [6.45, 7) is 3.77. The minimum absolute atomic E-state index is 0.109. The van der Waals surface area contributed by atoms with E-state index < -0.39 is 0 Å². The van der Waals surface area contributed by atoms with Gasteiger partial charge in [0.15, 0.2) is 0 Å². The molecule has 1 aromatic carbocycles. The van der Waals surface area contributed by atoms with Crippen molar-refractivity contribution in [2.24, 2.45) is 0 Å². The first kappa shape index (κ1) is 21.9. The summed E-state index contributed by atoms with van der Waals surface area (Å²) >= 11 is 0. The van der Waals surface area contributed by atoms with Gasteiger partial charge in [0.05, 0.1) is 19.3 Å². The van der Waals surface area contributed by atoms with Crippen LogP contribution in [-0.4, -0.2) is 73.8 Å². The number of rotatable bonds is 12. The maximum Gasteiger partial charge on any atom is 0.277 e. The zero-order chi connectivity index (χ0) is 20.5. The lowest BCUT2D eigenvalue weighted by atomic mass is 10.0. The molecule has 0 saturated heterocycles. The molecule has 0 fully saturated rings. The Morgan fingerprint density at radius 1 is 1.07 bits per heavy atom. The van der Waals surface area contributed by atoms with Crippen molar-refractivity contribution in [1.82, 2.24) is 9.80 Å². The van der Waals surface area contributed by atoms with E-state index in [0.717, 1.165) is 12.8 Å². The number of ether oxygens (including phenoxy) is 2. The van der Waals surface area contributed by atoms with Gasteiger partial charge in [0.2, 0.25) is 0 Å². The number of amides is 2. The van der Waals surface area contributed by atoms with E-state index >= 15 is 0 Å². The number of hydrogen-bond donors (Lipinski definition) is 1. The van der Waals surface area contributed by atoms with Gasteiger partial charge in [-0.15, -0.1) is 0 Å². The van der Waals surface area contributed by atoms with Gasteiger partial charge in [-0.1, -0.05) is 25.5 Å². The van der Waals surface area contributed by atoms with Gasteiger partial charge in [-0.25, -0.2) is 0 Å². The summed E-state index contributed by atoms with van der Waals surface area (Å²) < 4.78 is 10.7. The van der Waals surface area contributed by atoms with Crippen LogP contribution in [0.25, 0.3) is 5.57 Å². The van der Waals surface area contributed by atoms with Crippen molar-refractivity contribution in [1.29, 1.82) is 0 Å². The third-order valence-electron chi connectivity index (χ3n) is 4.65. The average molecular weight is 390 g/mol. The zero-order valence-electron chi connectivity index (χ0n) is 16.9. The maximum absolute atomic E-state index is 13.0. The van der Waals surface area contributed by atoms with Gasteiger partial charge in [0.25, 0.3) is 11.8 Å². The Morgan fingerprint density at radius 2 is 1.75 bits per heavy atom. The number of methoxy groups -OCH3 is 1. The summed E-state index contributed by atoms with van der Waals surface area (Å²) in [5.41, 5.74) is 1.33. The Morgan fingerprint density at radius 3 is 2.36 bits per heavy atom. The van der Waals surface area contributed by atoms with Gasteiger partial charge in [0.1, 0.15) is 11.4 Å². The van der Waals surface area contributed by atoms with Crippen molar-refractivity contribution < 1.29 is 24.2 Å². The molecule has 0 unspecified atom stereocenters. The van der Waals surface area contributed by atoms with Crippen LogP contribution < -0.4 is 4.74 Å². The van der Waals surface area contributed by atoms with Crippen LogP contribution in [0.2, 0.25) is 0 Å². The van der Waals surface area contributed by atoms with Gasteiger partial charge in [0, 0.05) is 33.4 Å². The molecule has 0 radical (unpaired) electrons. The predicted molar refractivity (Wildman–Crippen MR) is 107 cm³/mol. The molecule has 28 heavy (non-hydrogen) atoms. The highest BCUT2D eigenvalue weighted by molar-refractivity contribution is 6.35. The maximum atomic E-state index is 13.0. The van der Waals surface area contributed by atoms with E-state index in [-0.39, 0.29) is 25.0 Å². The fraction of sp³-hybridized carbons (Fsp3) is 0.524. The Bertz CT molecular complexity index is 699. The Kier molecular flexibility index (Phi) is 8.47. The minimum Gasteiger partial charge on any atom is -0.497 e. The van der Waals surface area contributed by atoms with Crippen LogP contribution >= 0.6 is 0 Å². The van der Waals surface area contributed by atoms with E-state index in [9.17, 15) is 14.7 Å². The number of hydrogen-bond acceptors (Lipinski definition) is 6. The third-order valence-corrected chi connectivity index (χ3v) is 4.65. The molecule has 0 aliphatic carbocycles. The van der Waals surface area contributed by atoms with Gasteiger partial charge >= 0.3 is 0 Å². The number of nitrogens with zero attached hydrogens (tertiary/aromatic N) is 2. The number of imide groups is 1. The van der Waals surface area contributed by atoms with E-state index in [1.165, 1.54) is 4.90 Å².